The van der Waals surface area contributed by atoms with Crippen molar-refractivity contribution < 1.29 is 0 Å². The summed E-state index contributed by atoms with van der Waals surface area (Å²) in [5.41, 5.74) is 6.25. The Labute approximate surface area is 108 Å². The highest BCUT2D eigenvalue weighted by Gasteiger charge is 2.06. The fourth-order valence-corrected chi connectivity index (χ4v) is 2.39. The second-order valence-corrected chi connectivity index (χ2v) is 4.80. The van der Waals surface area contributed by atoms with Crippen molar-refractivity contribution in [1.82, 2.24) is 0 Å². The fraction of sp³-hybridized carbons (Fsp3) is 0.300. The molecule has 0 unspecified atom stereocenters. The Bertz CT molecular complexity index is 368. The lowest BCUT2D eigenvalue weighted by atomic mass is 10.3. The van der Waals surface area contributed by atoms with Crippen LogP contribution in [0.3, 0.4) is 0 Å². The van der Waals surface area contributed by atoms with Gasteiger partial charge in [0.1, 0.15) is 5.69 Å². The number of amidine groups is 1. The normalized spacial score (nSPS) is 11.9. The van der Waals surface area contributed by atoms with Crippen molar-refractivity contribution in [1.29, 1.82) is 0 Å². The minimum absolute atomic E-state index is 0.494. The molecule has 0 saturated carbocycles. The number of nitrogens with zero attached hydrogens (tertiary/aromatic N) is 1. The molecule has 1 rings (SSSR count). The number of halogens is 3. The zero-order valence-corrected chi connectivity index (χ0v) is 11.3. The van der Waals surface area contributed by atoms with E-state index in [1.807, 2.05) is 6.92 Å². The van der Waals surface area contributed by atoms with E-state index in [0.717, 1.165) is 17.3 Å². The lowest BCUT2D eigenvalue weighted by Gasteiger charge is -2.04. The van der Waals surface area contributed by atoms with Gasteiger partial charge in [0.25, 0.3) is 0 Å². The lowest BCUT2D eigenvalue weighted by molar-refractivity contribution is 0.983. The summed E-state index contributed by atoms with van der Waals surface area (Å²) in [5, 5.41) is 0.988. The summed E-state index contributed by atoms with van der Waals surface area (Å²) >= 11 is 15.3. The van der Waals surface area contributed by atoms with Gasteiger partial charge in [0, 0.05) is 10.9 Å². The Hall–Kier alpha value is -0.250. The van der Waals surface area contributed by atoms with Gasteiger partial charge in [0.2, 0.25) is 0 Å². The van der Waals surface area contributed by atoms with E-state index in [9.17, 15) is 0 Å². The van der Waals surface area contributed by atoms with Crippen molar-refractivity contribution in [3.63, 3.8) is 0 Å². The number of benzene rings is 1. The second-order valence-electron chi connectivity index (χ2n) is 3.07. The van der Waals surface area contributed by atoms with Gasteiger partial charge < -0.3 is 5.73 Å². The van der Waals surface area contributed by atoms with Crippen LogP contribution in [0.1, 0.15) is 19.8 Å². The third kappa shape index (κ3) is 3.67. The summed E-state index contributed by atoms with van der Waals surface area (Å²) in [6.45, 7) is 2.03. The van der Waals surface area contributed by atoms with E-state index < -0.39 is 0 Å². The molecule has 15 heavy (non-hydrogen) atoms. The van der Waals surface area contributed by atoms with E-state index >= 15 is 0 Å². The summed E-state index contributed by atoms with van der Waals surface area (Å²) in [6.07, 6.45) is 1.68. The van der Waals surface area contributed by atoms with Crippen molar-refractivity contribution in [2.75, 3.05) is 0 Å². The molecule has 2 N–H and O–H groups in total. The smallest absolute Gasteiger partial charge is 0.102 e. The fourth-order valence-electron chi connectivity index (χ4n) is 1.10. The molecule has 0 bridgehead atoms. The first-order valence-electron chi connectivity index (χ1n) is 4.52. The van der Waals surface area contributed by atoms with Crippen molar-refractivity contribution >= 4 is 50.7 Å². The summed E-state index contributed by atoms with van der Waals surface area (Å²) in [7, 11) is 0. The Balaban J connectivity index is 3.09. The van der Waals surface area contributed by atoms with Gasteiger partial charge in [-0.15, -0.1) is 0 Å². The van der Waals surface area contributed by atoms with Crippen LogP contribution in [0.25, 0.3) is 0 Å². The van der Waals surface area contributed by atoms with E-state index in [2.05, 4.69) is 20.9 Å². The number of hydrogen-bond acceptors (Lipinski definition) is 1. The second kappa shape index (κ2) is 5.73. The largest absolute Gasteiger partial charge is 0.387 e. The average molecular weight is 310 g/mol. The van der Waals surface area contributed by atoms with Crippen LogP contribution in [0.4, 0.5) is 5.69 Å². The predicted octanol–water partition coefficient (Wildman–Crippen LogP) is 4.54. The molecule has 5 heteroatoms. The van der Waals surface area contributed by atoms with Gasteiger partial charge in [-0.3, -0.25) is 0 Å². The Kier molecular flexibility index (Phi) is 4.90. The first kappa shape index (κ1) is 12.8. The summed E-state index contributed by atoms with van der Waals surface area (Å²) in [4.78, 5) is 4.20. The zero-order valence-electron chi connectivity index (χ0n) is 8.23. The molecule has 0 aliphatic heterocycles. The van der Waals surface area contributed by atoms with Crippen molar-refractivity contribution in [2.24, 2.45) is 10.7 Å². The van der Waals surface area contributed by atoms with Crippen LogP contribution in [0.15, 0.2) is 21.6 Å². The van der Waals surface area contributed by atoms with Gasteiger partial charge in [-0.05, 0) is 18.6 Å². The van der Waals surface area contributed by atoms with E-state index in [1.165, 1.54) is 0 Å². The van der Waals surface area contributed by atoms with Crippen LogP contribution in [-0.2, 0) is 0 Å². The highest BCUT2D eigenvalue weighted by Crippen LogP contribution is 2.36. The van der Waals surface area contributed by atoms with Gasteiger partial charge in [-0.1, -0.05) is 46.1 Å². The van der Waals surface area contributed by atoms with Gasteiger partial charge in [-0.2, -0.15) is 0 Å². The third-order valence-electron chi connectivity index (χ3n) is 1.74. The molecule has 0 aromatic heterocycles. The molecular weight excluding hydrogens is 299 g/mol. The van der Waals surface area contributed by atoms with Gasteiger partial charge >= 0.3 is 0 Å². The molecule has 1 aromatic rings. The molecule has 2 nitrogen and oxygen atoms in total. The van der Waals surface area contributed by atoms with Gasteiger partial charge in [0.15, 0.2) is 0 Å². The standard InChI is InChI=1S/C10H11BrCl2N2/c1-2-3-9(14)15-10-7(12)4-6(11)5-8(10)13/h4-5H,2-3H2,1H3,(H2,14,15). The molecule has 0 amide bonds. The first-order valence-corrected chi connectivity index (χ1v) is 6.07. The molecule has 0 radical (unpaired) electrons. The number of nitrogens with two attached hydrogens (primary N) is 1. The molecule has 0 aliphatic carbocycles. The molecule has 0 atom stereocenters. The minimum atomic E-state index is 0.494. The average Bonchev–Trinajstić information content (AvgIpc) is 2.11. The van der Waals surface area contributed by atoms with E-state index in [4.69, 9.17) is 28.9 Å². The van der Waals surface area contributed by atoms with Crippen LogP contribution >= 0.6 is 39.1 Å². The quantitative estimate of drug-likeness (QED) is 0.646. The maximum atomic E-state index is 6.00. The van der Waals surface area contributed by atoms with Gasteiger partial charge in [0.05, 0.1) is 15.9 Å². The van der Waals surface area contributed by atoms with Crippen LogP contribution in [0.2, 0.25) is 10.0 Å². The molecule has 0 aliphatic rings. The summed E-state index contributed by atoms with van der Waals surface area (Å²) in [5.74, 6) is 0.545. The summed E-state index contributed by atoms with van der Waals surface area (Å²) < 4.78 is 0.825. The van der Waals surface area contributed by atoms with E-state index in [0.29, 0.717) is 21.6 Å². The highest BCUT2D eigenvalue weighted by atomic mass is 79.9. The van der Waals surface area contributed by atoms with Crippen molar-refractivity contribution in [3.05, 3.63) is 26.7 Å². The van der Waals surface area contributed by atoms with Crippen LogP contribution in [-0.4, -0.2) is 5.84 Å². The topological polar surface area (TPSA) is 38.4 Å². The van der Waals surface area contributed by atoms with Crippen LogP contribution in [0.5, 0.6) is 0 Å². The Morgan fingerprint density at radius 2 is 1.93 bits per heavy atom. The zero-order chi connectivity index (χ0) is 11.4. The molecule has 0 saturated heterocycles. The molecule has 82 valence electrons. The van der Waals surface area contributed by atoms with E-state index in [-0.39, 0.29) is 0 Å². The molecule has 0 heterocycles. The number of rotatable bonds is 3. The number of aliphatic imine (C=N–C) groups is 1. The first-order chi connectivity index (χ1) is 7.04. The predicted molar refractivity (Wildman–Crippen MR) is 70.4 cm³/mol. The van der Waals surface area contributed by atoms with Crippen molar-refractivity contribution in [2.45, 2.75) is 19.8 Å². The minimum Gasteiger partial charge on any atom is -0.387 e. The molecule has 0 spiro atoms. The van der Waals surface area contributed by atoms with E-state index in [1.54, 1.807) is 12.1 Å². The molecule has 1 aromatic carbocycles. The third-order valence-corrected chi connectivity index (χ3v) is 2.78. The maximum absolute atomic E-state index is 6.00. The van der Waals surface area contributed by atoms with Crippen LogP contribution < -0.4 is 5.73 Å². The van der Waals surface area contributed by atoms with Crippen molar-refractivity contribution in [3.8, 4) is 0 Å². The Morgan fingerprint density at radius 3 is 2.40 bits per heavy atom. The monoisotopic (exact) mass is 308 g/mol. The highest BCUT2D eigenvalue weighted by molar-refractivity contribution is 9.10. The van der Waals surface area contributed by atoms with Gasteiger partial charge in [-0.25, -0.2) is 4.99 Å². The number of hydrogen-bond donors (Lipinski definition) is 1. The maximum Gasteiger partial charge on any atom is 0.102 e. The SMILES string of the molecule is CCCC(N)=Nc1c(Cl)cc(Br)cc1Cl. The molecular formula is C10H11BrCl2N2. The molecule has 0 fully saturated rings. The summed E-state index contributed by atoms with van der Waals surface area (Å²) in [6, 6.07) is 3.48. The van der Waals surface area contributed by atoms with Crippen LogP contribution in [0, 0.1) is 0 Å². The Morgan fingerprint density at radius 1 is 1.40 bits per heavy atom. The lowest BCUT2D eigenvalue weighted by Crippen LogP contribution is -2.10.